The van der Waals surface area contributed by atoms with Crippen LogP contribution in [0.25, 0.3) is 0 Å². The molecule has 2 aromatic carbocycles. The fourth-order valence-electron chi connectivity index (χ4n) is 6.46. The number of hydrogen-bond acceptors (Lipinski definition) is 5. The SMILES string of the molecule is Cc1cccc([C@H]2C3=CC[C@@H]4C(=O)N(Cc5ccccc5)C(=O)[C@@H]4[C@@H]3CC3=C2C(=O)C=C(Br)C3=O)c1O. The van der Waals surface area contributed by atoms with E-state index < -0.39 is 23.7 Å². The van der Waals surface area contributed by atoms with Gasteiger partial charge in [-0.3, -0.25) is 24.1 Å². The first kappa shape index (κ1) is 23.8. The van der Waals surface area contributed by atoms with E-state index in [-0.39, 0.29) is 46.6 Å². The van der Waals surface area contributed by atoms with Gasteiger partial charge in [-0.25, -0.2) is 0 Å². The highest BCUT2D eigenvalue weighted by molar-refractivity contribution is 9.12. The van der Waals surface area contributed by atoms with Gasteiger partial charge in [-0.05, 0) is 52.7 Å². The number of imide groups is 1. The number of phenols is 1. The van der Waals surface area contributed by atoms with Crippen molar-refractivity contribution in [2.75, 3.05) is 0 Å². The molecule has 0 spiro atoms. The first-order valence-corrected chi connectivity index (χ1v) is 13.1. The average molecular weight is 558 g/mol. The molecule has 1 fully saturated rings. The molecule has 6 nitrogen and oxygen atoms in total. The molecule has 1 heterocycles. The number of fused-ring (bicyclic) bond motifs is 3. The van der Waals surface area contributed by atoms with Gasteiger partial charge in [-0.1, -0.05) is 60.2 Å². The second-order valence-electron chi connectivity index (χ2n) is 10.2. The van der Waals surface area contributed by atoms with Gasteiger partial charge in [0, 0.05) is 28.7 Å². The third-order valence-corrected chi connectivity index (χ3v) is 8.78. The van der Waals surface area contributed by atoms with E-state index in [1.807, 2.05) is 42.5 Å². The van der Waals surface area contributed by atoms with Crippen LogP contribution in [0.4, 0.5) is 0 Å². The first-order chi connectivity index (χ1) is 17.8. The van der Waals surface area contributed by atoms with Crippen molar-refractivity contribution in [2.24, 2.45) is 17.8 Å². The van der Waals surface area contributed by atoms with Crippen molar-refractivity contribution in [3.63, 3.8) is 0 Å². The maximum Gasteiger partial charge on any atom is 0.234 e. The van der Waals surface area contributed by atoms with Gasteiger partial charge in [-0.2, -0.15) is 0 Å². The Morgan fingerprint density at radius 2 is 1.73 bits per heavy atom. The second-order valence-corrected chi connectivity index (χ2v) is 11.0. The Kier molecular flexibility index (Phi) is 5.64. The zero-order valence-electron chi connectivity index (χ0n) is 20.1. The summed E-state index contributed by atoms with van der Waals surface area (Å²) >= 11 is 3.23. The van der Waals surface area contributed by atoms with E-state index in [9.17, 15) is 24.3 Å². The quantitative estimate of drug-likeness (QED) is 0.336. The maximum atomic E-state index is 13.8. The van der Waals surface area contributed by atoms with Crippen LogP contribution in [0.5, 0.6) is 5.75 Å². The summed E-state index contributed by atoms with van der Waals surface area (Å²) in [5.74, 6) is -3.15. The number of Topliss-reactive ketones (excluding diaryl/α,β-unsaturated/α-hetero) is 1. The minimum Gasteiger partial charge on any atom is -0.507 e. The number of ketones is 2. The lowest BCUT2D eigenvalue weighted by atomic mass is 9.59. The maximum absolute atomic E-state index is 13.8. The zero-order valence-corrected chi connectivity index (χ0v) is 21.7. The number of hydrogen-bond donors (Lipinski definition) is 1. The monoisotopic (exact) mass is 557 g/mol. The van der Waals surface area contributed by atoms with Crippen molar-refractivity contribution in [3.8, 4) is 5.75 Å². The third-order valence-electron chi connectivity index (χ3n) is 8.19. The van der Waals surface area contributed by atoms with Crippen LogP contribution in [0.2, 0.25) is 0 Å². The van der Waals surface area contributed by atoms with Crippen LogP contribution in [0, 0.1) is 24.7 Å². The molecule has 0 radical (unpaired) electrons. The largest absolute Gasteiger partial charge is 0.507 e. The second kappa shape index (κ2) is 8.77. The van der Waals surface area contributed by atoms with Crippen molar-refractivity contribution in [1.82, 2.24) is 4.90 Å². The van der Waals surface area contributed by atoms with Crippen molar-refractivity contribution >= 4 is 39.3 Å². The van der Waals surface area contributed by atoms with Crippen molar-refractivity contribution < 1.29 is 24.3 Å². The molecule has 1 N–H and O–H groups in total. The molecule has 2 aromatic rings. The van der Waals surface area contributed by atoms with Gasteiger partial charge in [0.25, 0.3) is 0 Å². The molecule has 37 heavy (non-hydrogen) atoms. The highest BCUT2D eigenvalue weighted by Crippen LogP contribution is 2.56. The van der Waals surface area contributed by atoms with Gasteiger partial charge in [0.05, 0.1) is 22.9 Å². The molecule has 0 unspecified atom stereocenters. The molecule has 0 saturated carbocycles. The molecule has 2 amide bonds. The molecule has 186 valence electrons. The van der Waals surface area contributed by atoms with Crippen LogP contribution in [-0.4, -0.2) is 33.4 Å². The zero-order chi connectivity index (χ0) is 26.0. The summed E-state index contributed by atoms with van der Waals surface area (Å²) in [6.45, 7) is 1.99. The number of halogens is 1. The molecule has 3 aliphatic carbocycles. The Bertz CT molecular complexity index is 1480. The summed E-state index contributed by atoms with van der Waals surface area (Å²) in [5, 5.41) is 11.0. The number of carbonyl (C=O) groups excluding carboxylic acids is 4. The van der Waals surface area contributed by atoms with Gasteiger partial charge in [-0.15, -0.1) is 0 Å². The van der Waals surface area contributed by atoms with E-state index >= 15 is 0 Å². The van der Waals surface area contributed by atoms with Crippen molar-refractivity contribution in [2.45, 2.75) is 32.2 Å². The fourth-order valence-corrected chi connectivity index (χ4v) is 6.91. The van der Waals surface area contributed by atoms with Crippen molar-refractivity contribution in [1.29, 1.82) is 0 Å². The van der Waals surface area contributed by atoms with Crippen molar-refractivity contribution in [3.05, 3.63) is 98.6 Å². The van der Waals surface area contributed by atoms with Crippen LogP contribution in [0.3, 0.4) is 0 Å². The van der Waals surface area contributed by atoms with Crippen LogP contribution in [0.1, 0.15) is 35.4 Å². The Morgan fingerprint density at radius 3 is 2.49 bits per heavy atom. The van der Waals surface area contributed by atoms with Crippen LogP contribution in [0.15, 0.2) is 81.9 Å². The highest BCUT2D eigenvalue weighted by Gasteiger charge is 2.56. The van der Waals surface area contributed by atoms with Gasteiger partial charge >= 0.3 is 0 Å². The topological polar surface area (TPSA) is 91.8 Å². The minimum absolute atomic E-state index is 0.0661. The summed E-state index contributed by atoms with van der Waals surface area (Å²) in [6, 6.07) is 14.8. The molecule has 1 saturated heterocycles. The standard InChI is InChI=1S/C30H24BrNO5/c1-15-6-5-9-18(27(15)34)24-17-10-11-19-25(20(17)12-21-26(24)23(33)13-22(31)28(21)35)30(37)32(29(19)36)14-16-7-3-2-4-8-16/h2-10,13,19-20,24-25,34H,11-12,14H2,1H3/t19-,20+,24+,25-/m0/s1. The fraction of sp³-hybridized carbons (Fsp3) is 0.267. The molecule has 4 aliphatic rings. The number of likely N-dealkylation sites (tertiary alicyclic amines) is 1. The Morgan fingerprint density at radius 1 is 0.973 bits per heavy atom. The lowest BCUT2D eigenvalue weighted by Crippen LogP contribution is -2.39. The minimum atomic E-state index is -0.658. The predicted octanol–water partition coefficient (Wildman–Crippen LogP) is 4.66. The molecule has 4 atom stereocenters. The van der Waals surface area contributed by atoms with Crippen LogP contribution >= 0.6 is 15.9 Å². The number of rotatable bonds is 3. The van der Waals surface area contributed by atoms with Crippen LogP contribution in [-0.2, 0) is 25.7 Å². The highest BCUT2D eigenvalue weighted by atomic mass is 79.9. The molecule has 1 aliphatic heterocycles. The number of nitrogens with zero attached hydrogens (tertiary/aromatic N) is 1. The molecular weight excluding hydrogens is 534 g/mol. The lowest BCUT2D eigenvalue weighted by molar-refractivity contribution is -0.140. The van der Waals surface area contributed by atoms with E-state index in [2.05, 4.69) is 15.9 Å². The number of carbonyl (C=O) groups is 4. The van der Waals surface area contributed by atoms with E-state index in [0.717, 1.165) is 11.1 Å². The molecule has 0 bridgehead atoms. The summed E-state index contributed by atoms with van der Waals surface area (Å²) in [5.41, 5.74) is 3.60. The predicted molar refractivity (Wildman–Crippen MR) is 139 cm³/mol. The lowest BCUT2D eigenvalue weighted by Gasteiger charge is -2.42. The normalized spacial score (nSPS) is 27.0. The molecule has 6 rings (SSSR count). The average Bonchev–Trinajstić information content (AvgIpc) is 3.13. The van der Waals surface area contributed by atoms with E-state index in [1.165, 1.54) is 11.0 Å². The molecule has 7 heteroatoms. The number of amides is 2. The number of aromatic hydroxyl groups is 1. The summed E-state index contributed by atoms with van der Waals surface area (Å²) in [6.07, 6.45) is 3.83. The number of allylic oxidation sites excluding steroid dienone is 6. The number of para-hydroxylation sites is 1. The van der Waals surface area contributed by atoms with Gasteiger partial charge in [0.2, 0.25) is 11.8 Å². The third kappa shape index (κ3) is 3.59. The van der Waals surface area contributed by atoms with E-state index in [0.29, 0.717) is 28.7 Å². The number of benzene rings is 2. The first-order valence-electron chi connectivity index (χ1n) is 12.3. The molecule has 0 aromatic heterocycles. The van der Waals surface area contributed by atoms with E-state index in [4.69, 9.17) is 0 Å². The van der Waals surface area contributed by atoms with E-state index in [1.54, 1.807) is 19.1 Å². The Hall–Kier alpha value is -3.58. The number of aryl methyl sites for hydroxylation is 1. The molecular formula is C30H24BrNO5. The van der Waals surface area contributed by atoms with Gasteiger partial charge < -0.3 is 5.11 Å². The summed E-state index contributed by atoms with van der Waals surface area (Å²) in [4.78, 5) is 55.1. The van der Waals surface area contributed by atoms with Gasteiger partial charge in [0.15, 0.2) is 11.6 Å². The van der Waals surface area contributed by atoms with Gasteiger partial charge in [0.1, 0.15) is 5.75 Å². The summed E-state index contributed by atoms with van der Waals surface area (Å²) in [7, 11) is 0. The Labute approximate surface area is 222 Å². The number of phenolic OH excluding ortho intramolecular Hbond substituents is 1. The smallest absolute Gasteiger partial charge is 0.234 e. The van der Waals surface area contributed by atoms with Crippen LogP contribution < -0.4 is 0 Å². The summed E-state index contributed by atoms with van der Waals surface area (Å²) < 4.78 is 0.183. The Balaban J connectivity index is 1.47.